The molecule has 2 aliphatic rings. The number of nitrogens with zero attached hydrogens (tertiary/aromatic N) is 2. The quantitative estimate of drug-likeness (QED) is 0.152. The van der Waals surface area contributed by atoms with Crippen LogP contribution in [-0.2, 0) is 35.2 Å². The number of hydrogen-bond donors (Lipinski definition) is 4. The molecule has 4 rings (SSSR count). The molecule has 38 heavy (non-hydrogen) atoms. The van der Waals surface area contributed by atoms with E-state index in [-0.39, 0.29) is 40.6 Å². The SMILES string of the molecule is COC(=O)C(CNC(=O)CC1CC(c2ccc(C(=N)N)cc2)=NO1)NC(=O)C1=Nc2ccccc2C1=S=O. The van der Waals surface area contributed by atoms with Gasteiger partial charge in [-0.25, -0.2) is 14.0 Å². The number of amides is 2. The third-order valence-electron chi connectivity index (χ3n) is 5.86. The van der Waals surface area contributed by atoms with Crippen molar-refractivity contribution in [2.24, 2.45) is 15.9 Å². The summed E-state index contributed by atoms with van der Waals surface area (Å²) in [6.45, 7) is -0.246. The minimum atomic E-state index is -1.21. The lowest BCUT2D eigenvalue weighted by Gasteiger charge is -2.17. The predicted molar refractivity (Wildman–Crippen MR) is 141 cm³/mol. The number of hydrogen-bond acceptors (Lipinski definition) is 9. The van der Waals surface area contributed by atoms with Crippen molar-refractivity contribution in [1.82, 2.24) is 10.6 Å². The number of ether oxygens (including phenoxy) is 1. The number of nitrogens with one attached hydrogen (secondary N) is 3. The van der Waals surface area contributed by atoms with Crippen LogP contribution in [0.1, 0.15) is 29.5 Å². The van der Waals surface area contributed by atoms with Crippen molar-refractivity contribution < 1.29 is 28.2 Å². The smallest absolute Gasteiger partial charge is 0.330 e. The highest BCUT2D eigenvalue weighted by Gasteiger charge is 2.31. The van der Waals surface area contributed by atoms with Crippen LogP contribution in [-0.4, -0.2) is 69.9 Å². The summed E-state index contributed by atoms with van der Waals surface area (Å²) < 4.78 is 16.4. The maximum atomic E-state index is 12.9. The van der Waals surface area contributed by atoms with Crippen LogP contribution < -0.4 is 16.4 Å². The summed E-state index contributed by atoms with van der Waals surface area (Å²) >= 11 is 0.138. The summed E-state index contributed by atoms with van der Waals surface area (Å²) in [5.41, 5.74) is 8.41. The zero-order valence-electron chi connectivity index (χ0n) is 20.2. The lowest BCUT2D eigenvalue weighted by atomic mass is 10.0. The lowest BCUT2D eigenvalue weighted by molar-refractivity contribution is -0.144. The summed E-state index contributed by atoms with van der Waals surface area (Å²) in [6.07, 6.45) is -0.163. The highest BCUT2D eigenvalue weighted by molar-refractivity contribution is 7.69. The molecule has 12 nitrogen and oxygen atoms in total. The first kappa shape index (κ1) is 26.4. The van der Waals surface area contributed by atoms with Gasteiger partial charge in [0.05, 0.1) is 36.2 Å². The first-order valence-electron chi connectivity index (χ1n) is 11.5. The zero-order chi connectivity index (χ0) is 27.2. The van der Waals surface area contributed by atoms with Gasteiger partial charge in [0.1, 0.15) is 28.6 Å². The number of rotatable bonds is 9. The van der Waals surface area contributed by atoms with Crippen molar-refractivity contribution in [3.8, 4) is 0 Å². The molecule has 0 bridgehead atoms. The van der Waals surface area contributed by atoms with E-state index in [9.17, 15) is 18.6 Å². The Labute approximate surface area is 220 Å². The van der Waals surface area contributed by atoms with Crippen molar-refractivity contribution in [1.29, 1.82) is 5.41 Å². The average Bonchev–Trinajstić information content (AvgIpc) is 3.55. The topological polar surface area (TPSA) is 185 Å². The maximum Gasteiger partial charge on any atom is 0.330 e. The van der Waals surface area contributed by atoms with Gasteiger partial charge < -0.3 is 25.9 Å². The molecule has 13 heteroatoms. The van der Waals surface area contributed by atoms with Crippen molar-refractivity contribution in [3.63, 3.8) is 0 Å². The van der Waals surface area contributed by atoms with Gasteiger partial charge in [-0.05, 0) is 11.6 Å². The Bertz CT molecular complexity index is 1410. The summed E-state index contributed by atoms with van der Waals surface area (Å²) in [7, 11) is 1.16. The molecule has 2 unspecified atom stereocenters. The largest absolute Gasteiger partial charge is 0.467 e. The number of aliphatic imine (C=N–C) groups is 1. The van der Waals surface area contributed by atoms with E-state index in [2.05, 4.69) is 20.8 Å². The number of nitrogen functional groups attached to an aromatic ring is 1. The molecule has 2 aromatic carbocycles. The summed E-state index contributed by atoms with van der Waals surface area (Å²) in [6, 6.07) is 12.5. The highest BCUT2D eigenvalue weighted by Crippen LogP contribution is 2.26. The van der Waals surface area contributed by atoms with E-state index >= 15 is 0 Å². The number of methoxy groups -OCH3 is 1. The van der Waals surface area contributed by atoms with Gasteiger partial charge in [-0.15, -0.1) is 0 Å². The van der Waals surface area contributed by atoms with E-state index in [1.807, 2.05) is 0 Å². The fraction of sp³-hybridized carbons (Fsp3) is 0.240. The number of para-hydroxylation sites is 1. The van der Waals surface area contributed by atoms with Crippen LogP contribution in [0.4, 0.5) is 5.69 Å². The number of amidine groups is 1. The number of nitrogens with two attached hydrogens (primary N) is 1. The van der Waals surface area contributed by atoms with Crippen LogP contribution in [0.25, 0.3) is 0 Å². The summed E-state index contributed by atoms with van der Waals surface area (Å²) in [5.74, 6) is -1.98. The molecule has 0 saturated heterocycles. The van der Waals surface area contributed by atoms with Gasteiger partial charge in [0.2, 0.25) is 5.91 Å². The Hall–Kier alpha value is -4.65. The van der Waals surface area contributed by atoms with Crippen LogP contribution in [0.3, 0.4) is 0 Å². The first-order valence-corrected chi connectivity index (χ1v) is 12.2. The van der Waals surface area contributed by atoms with Crippen molar-refractivity contribution in [2.45, 2.75) is 25.0 Å². The van der Waals surface area contributed by atoms with Gasteiger partial charge in [-0.2, -0.15) is 0 Å². The van der Waals surface area contributed by atoms with Crippen molar-refractivity contribution in [2.75, 3.05) is 13.7 Å². The minimum Gasteiger partial charge on any atom is -0.467 e. The Morgan fingerprint density at radius 2 is 1.95 bits per heavy atom. The number of fused-ring (bicyclic) bond motifs is 1. The molecule has 196 valence electrons. The Morgan fingerprint density at radius 3 is 2.63 bits per heavy atom. The normalized spacial score (nSPS) is 16.3. The van der Waals surface area contributed by atoms with Gasteiger partial charge in [0.15, 0.2) is 0 Å². The summed E-state index contributed by atoms with van der Waals surface area (Å²) in [5, 5.41) is 16.6. The molecule has 5 N–H and O–H groups in total. The molecule has 2 aromatic rings. The number of carbonyl (C=O) groups is 3. The Morgan fingerprint density at radius 1 is 1.21 bits per heavy atom. The molecule has 2 heterocycles. The van der Waals surface area contributed by atoms with Crippen molar-refractivity contribution >= 4 is 56.9 Å². The maximum absolute atomic E-state index is 12.9. The first-order chi connectivity index (χ1) is 18.3. The molecule has 2 atom stereocenters. The minimum absolute atomic E-state index is 0.0346. The van der Waals surface area contributed by atoms with Gasteiger partial charge in [-0.3, -0.25) is 15.0 Å². The second-order valence-electron chi connectivity index (χ2n) is 8.41. The van der Waals surface area contributed by atoms with E-state index < -0.39 is 29.9 Å². The second kappa shape index (κ2) is 11.6. The van der Waals surface area contributed by atoms with E-state index in [0.29, 0.717) is 28.9 Å². The van der Waals surface area contributed by atoms with Gasteiger partial charge in [-0.1, -0.05) is 47.6 Å². The molecule has 2 amide bonds. The van der Waals surface area contributed by atoms with Crippen molar-refractivity contribution in [3.05, 3.63) is 65.2 Å². The van der Waals surface area contributed by atoms with Crippen LogP contribution in [0.2, 0.25) is 0 Å². The molecule has 0 spiro atoms. The second-order valence-corrected chi connectivity index (χ2v) is 8.98. The fourth-order valence-electron chi connectivity index (χ4n) is 3.91. The molecule has 0 aliphatic carbocycles. The molecule has 0 fully saturated rings. The van der Waals surface area contributed by atoms with Gasteiger partial charge >= 0.3 is 5.97 Å². The highest BCUT2D eigenvalue weighted by atomic mass is 32.1. The summed E-state index contributed by atoms with van der Waals surface area (Å²) in [4.78, 5) is 47.5. The number of benzene rings is 2. The van der Waals surface area contributed by atoms with Crippen LogP contribution in [0.5, 0.6) is 0 Å². The molecule has 0 saturated carbocycles. The number of oxime groups is 1. The third-order valence-corrected chi connectivity index (χ3v) is 6.44. The molecular weight excluding hydrogens is 512 g/mol. The number of carbonyl (C=O) groups excluding carboxylic acids is 3. The monoisotopic (exact) mass is 536 g/mol. The van der Waals surface area contributed by atoms with E-state index in [4.69, 9.17) is 20.7 Å². The molecule has 0 radical (unpaired) electrons. The van der Waals surface area contributed by atoms with Gasteiger partial charge in [0.25, 0.3) is 5.91 Å². The van der Waals surface area contributed by atoms with E-state index in [1.54, 1.807) is 48.5 Å². The van der Waals surface area contributed by atoms with E-state index in [0.717, 1.165) is 12.7 Å². The molecule has 2 aliphatic heterocycles. The predicted octanol–water partition coefficient (Wildman–Crippen LogP) is 0.148. The third kappa shape index (κ3) is 5.83. The van der Waals surface area contributed by atoms with Crippen LogP contribution >= 0.6 is 0 Å². The molecular formula is C25H24N6O6S. The van der Waals surface area contributed by atoms with Gasteiger partial charge in [0, 0.05) is 24.1 Å². The number of esters is 1. The Balaban J connectivity index is 1.31. The average molecular weight is 537 g/mol. The van der Waals surface area contributed by atoms with E-state index in [1.165, 1.54) is 0 Å². The standard InChI is InChI=1S/C25H24N6O6S/c1-36-25(34)19(30-24(33)21-22(38-35)16-4-2-3-5-17(16)29-21)12-28-20(32)11-15-10-18(31-37-15)13-6-8-14(9-7-13)23(26)27/h2-9,15,19H,10-12H2,1H3,(H3,26,27)(H,28,32)(H,30,33). The zero-order valence-corrected chi connectivity index (χ0v) is 21.0. The fourth-order valence-corrected chi connectivity index (χ4v) is 4.39. The van der Waals surface area contributed by atoms with Crippen LogP contribution in [0, 0.1) is 5.41 Å². The van der Waals surface area contributed by atoms with Crippen LogP contribution in [0.15, 0.2) is 58.7 Å². The Kier molecular flexibility index (Phi) is 8.06. The lowest BCUT2D eigenvalue weighted by Crippen LogP contribution is -2.51. The molecule has 0 aromatic heterocycles.